The van der Waals surface area contributed by atoms with Crippen molar-refractivity contribution in [1.82, 2.24) is 15.0 Å². The summed E-state index contributed by atoms with van der Waals surface area (Å²) in [7, 11) is 0. The first-order chi connectivity index (χ1) is 6.86. The minimum Gasteiger partial charge on any atom is -0.360 e. The number of rotatable bonds is 3. The maximum atomic E-state index is 13.1. The van der Waals surface area contributed by atoms with Gasteiger partial charge in [-0.15, -0.1) is 0 Å². The van der Waals surface area contributed by atoms with Crippen LogP contribution in [0.25, 0.3) is 0 Å². The van der Waals surface area contributed by atoms with E-state index in [2.05, 4.69) is 20.3 Å². The number of aromatic nitrogens is 3. The molecule has 0 bridgehead atoms. The van der Waals surface area contributed by atoms with Crippen LogP contribution in [0, 0.1) is 5.82 Å². The van der Waals surface area contributed by atoms with Crippen LogP contribution >= 0.6 is 0 Å². The molecule has 0 radical (unpaired) electrons. The van der Waals surface area contributed by atoms with Gasteiger partial charge >= 0.3 is 0 Å². The fourth-order valence-corrected chi connectivity index (χ4v) is 1.08. The fraction of sp³-hybridized carbons (Fsp3) is 0.111. The van der Waals surface area contributed by atoms with Gasteiger partial charge in [-0.2, -0.15) is 0 Å². The molecule has 2 rings (SSSR count). The van der Waals surface area contributed by atoms with Gasteiger partial charge in [-0.3, -0.25) is 0 Å². The van der Waals surface area contributed by atoms with E-state index in [-0.39, 0.29) is 11.6 Å². The first-order valence-corrected chi connectivity index (χ1v) is 4.19. The van der Waals surface area contributed by atoms with Crippen molar-refractivity contribution in [2.45, 2.75) is 6.54 Å². The first kappa shape index (κ1) is 8.68. The molecule has 4 nitrogen and oxygen atoms in total. The lowest BCUT2D eigenvalue weighted by Gasteiger charge is -2.03. The number of halogens is 1. The van der Waals surface area contributed by atoms with E-state index in [1.54, 1.807) is 18.5 Å². The molecule has 0 aromatic carbocycles. The Morgan fingerprint density at radius 3 is 3.00 bits per heavy atom. The van der Waals surface area contributed by atoms with Crippen molar-refractivity contribution in [3.05, 3.63) is 42.4 Å². The molecule has 72 valence electrons. The second-order valence-electron chi connectivity index (χ2n) is 2.72. The third kappa shape index (κ3) is 1.87. The minimum absolute atomic E-state index is 0.240. The van der Waals surface area contributed by atoms with Crippen molar-refractivity contribution in [3.63, 3.8) is 0 Å². The molecule has 0 unspecified atom stereocenters. The summed E-state index contributed by atoms with van der Waals surface area (Å²) in [6.45, 7) is 0.431. The Hall–Kier alpha value is -1.91. The van der Waals surface area contributed by atoms with Crippen molar-refractivity contribution in [1.29, 1.82) is 0 Å². The van der Waals surface area contributed by atoms with Crippen LogP contribution in [0.1, 0.15) is 5.82 Å². The Labute approximate surface area is 80.2 Å². The highest BCUT2D eigenvalue weighted by molar-refractivity contribution is 5.35. The fourth-order valence-electron chi connectivity index (χ4n) is 1.08. The van der Waals surface area contributed by atoms with Crippen molar-refractivity contribution in [3.8, 4) is 0 Å². The molecule has 2 N–H and O–H groups in total. The highest BCUT2D eigenvalue weighted by Crippen LogP contribution is 2.08. The van der Waals surface area contributed by atoms with Gasteiger partial charge in [0.05, 0.1) is 6.54 Å². The van der Waals surface area contributed by atoms with E-state index in [0.29, 0.717) is 6.54 Å². The number of pyridine rings is 1. The zero-order valence-corrected chi connectivity index (χ0v) is 7.37. The molecule has 0 atom stereocenters. The Morgan fingerprint density at radius 1 is 1.36 bits per heavy atom. The molecule has 2 aromatic rings. The Kier molecular flexibility index (Phi) is 2.40. The molecule has 0 spiro atoms. The number of imidazole rings is 1. The Morgan fingerprint density at radius 2 is 2.29 bits per heavy atom. The molecule has 0 aliphatic carbocycles. The summed E-state index contributed by atoms with van der Waals surface area (Å²) in [6, 6.07) is 2.91. The minimum atomic E-state index is -0.362. The van der Waals surface area contributed by atoms with Gasteiger partial charge in [-0.1, -0.05) is 0 Å². The lowest BCUT2D eigenvalue weighted by Crippen LogP contribution is -2.04. The quantitative estimate of drug-likeness (QED) is 0.775. The molecule has 0 aliphatic heterocycles. The van der Waals surface area contributed by atoms with Crippen LogP contribution < -0.4 is 5.32 Å². The van der Waals surface area contributed by atoms with Crippen LogP contribution in [-0.2, 0) is 6.54 Å². The maximum absolute atomic E-state index is 13.1. The van der Waals surface area contributed by atoms with E-state index in [1.165, 1.54) is 12.3 Å². The lowest BCUT2D eigenvalue weighted by molar-refractivity contribution is 0.624. The lowest BCUT2D eigenvalue weighted by atomic mass is 10.4. The first-order valence-electron chi connectivity index (χ1n) is 4.19. The summed E-state index contributed by atoms with van der Waals surface area (Å²) in [5, 5.41) is 2.84. The molecule has 2 heterocycles. The summed E-state index contributed by atoms with van der Waals surface area (Å²) in [5.74, 6) is 0.623. The third-order valence-electron chi connectivity index (χ3n) is 1.74. The number of hydrogen-bond acceptors (Lipinski definition) is 3. The number of aromatic amines is 1. The van der Waals surface area contributed by atoms with E-state index in [9.17, 15) is 4.39 Å². The summed E-state index contributed by atoms with van der Waals surface area (Å²) in [6.07, 6.45) is 4.89. The van der Waals surface area contributed by atoms with Gasteiger partial charge in [0, 0.05) is 18.6 Å². The summed E-state index contributed by atoms with van der Waals surface area (Å²) in [4.78, 5) is 10.7. The molecule has 0 aliphatic rings. The summed E-state index contributed by atoms with van der Waals surface area (Å²) >= 11 is 0. The molecule has 0 saturated carbocycles. The maximum Gasteiger partial charge on any atom is 0.165 e. The Bertz CT molecular complexity index is 399. The van der Waals surface area contributed by atoms with Crippen LogP contribution in [0.4, 0.5) is 10.2 Å². The number of nitrogens with one attached hydrogen (secondary N) is 2. The van der Waals surface area contributed by atoms with E-state index in [4.69, 9.17) is 0 Å². The van der Waals surface area contributed by atoms with Crippen molar-refractivity contribution in [2.24, 2.45) is 0 Å². The van der Waals surface area contributed by atoms with Gasteiger partial charge in [0.15, 0.2) is 11.6 Å². The van der Waals surface area contributed by atoms with E-state index in [0.717, 1.165) is 5.82 Å². The van der Waals surface area contributed by atoms with Crippen LogP contribution in [0.3, 0.4) is 0 Å². The van der Waals surface area contributed by atoms with E-state index in [1.807, 2.05) is 0 Å². The van der Waals surface area contributed by atoms with E-state index >= 15 is 0 Å². The molecule has 5 heteroatoms. The predicted octanol–water partition coefficient (Wildman–Crippen LogP) is 1.56. The van der Waals surface area contributed by atoms with Crippen LogP contribution in [-0.4, -0.2) is 15.0 Å². The van der Waals surface area contributed by atoms with Crippen LogP contribution in [0.2, 0.25) is 0 Å². The molecule has 2 aromatic heterocycles. The largest absolute Gasteiger partial charge is 0.360 e. The van der Waals surface area contributed by atoms with Crippen molar-refractivity contribution in [2.75, 3.05) is 5.32 Å². The normalized spacial score (nSPS) is 10.1. The smallest absolute Gasteiger partial charge is 0.165 e. The highest BCUT2D eigenvalue weighted by atomic mass is 19.1. The highest BCUT2D eigenvalue weighted by Gasteiger charge is 2.01. The number of H-pyrrole nitrogens is 1. The summed E-state index contributed by atoms with van der Waals surface area (Å²) in [5.41, 5.74) is 0. The standard InChI is InChI=1S/C9H9FN4/c10-7-2-1-3-13-9(7)14-6-8-11-4-5-12-8/h1-5H,6H2,(H,11,12)(H,13,14). The molecule has 0 amide bonds. The molecule has 0 saturated heterocycles. The van der Waals surface area contributed by atoms with Gasteiger partial charge in [-0.25, -0.2) is 14.4 Å². The van der Waals surface area contributed by atoms with Crippen molar-refractivity contribution < 1.29 is 4.39 Å². The topological polar surface area (TPSA) is 53.6 Å². The average molecular weight is 192 g/mol. The molecule has 0 fully saturated rings. The molecular weight excluding hydrogens is 183 g/mol. The SMILES string of the molecule is Fc1cccnc1NCc1ncc[nH]1. The van der Waals surface area contributed by atoms with Crippen molar-refractivity contribution >= 4 is 5.82 Å². The summed E-state index contributed by atoms with van der Waals surface area (Å²) < 4.78 is 13.1. The zero-order valence-electron chi connectivity index (χ0n) is 7.37. The predicted molar refractivity (Wildman–Crippen MR) is 50.1 cm³/mol. The average Bonchev–Trinajstić information content (AvgIpc) is 2.69. The third-order valence-corrected chi connectivity index (χ3v) is 1.74. The van der Waals surface area contributed by atoms with Gasteiger partial charge in [0.2, 0.25) is 0 Å². The van der Waals surface area contributed by atoms with Gasteiger partial charge in [0.25, 0.3) is 0 Å². The van der Waals surface area contributed by atoms with Gasteiger partial charge in [-0.05, 0) is 12.1 Å². The number of hydrogen-bond donors (Lipinski definition) is 2. The van der Waals surface area contributed by atoms with Crippen LogP contribution in [0.15, 0.2) is 30.7 Å². The van der Waals surface area contributed by atoms with Gasteiger partial charge in [0.1, 0.15) is 5.82 Å². The Balaban J connectivity index is 2.02. The zero-order chi connectivity index (χ0) is 9.80. The van der Waals surface area contributed by atoms with Gasteiger partial charge < -0.3 is 10.3 Å². The molecular formula is C9H9FN4. The second kappa shape index (κ2) is 3.87. The molecule has 14 heavy (non-hydrogen) atoms. The van der Waals surface area contributed by atoms with Crippen LogP contribution in [0.5, 0.6) is 0 Å². The second-order valence-corrected chi connectivity index (χ2v) is 2.72. The number of anilines is 1. The monoisotopic (exact) mass is 192 g/mol. The van der Waals surface area contributed by atoms with E-state index < -0.39 is 0 Å². The number of nitrogens with zero attached hydrogens (tertiary/aromatic N) is 2.